The molecule has 1 aliphatic rings. The Morgan fingerprint density at radius 3 is 1.99 bits per heavy atom. The Labute approximate surface area is 415 Å². The van der Waals surface area contributed by atoms with Crippen molar-refractivity contribution in [2.75, 3.05) is 66.4 Å². The zero-order valence-electron chi connectivity index (χ0n) is 39.3. The quantitative estimate of drug-likeness (QED) is 0.0213. The predicted octanol–water partition coefficient (Wildman–Crippen LogP) is 5.99. The molecule has 0 spiro atoms. The van der Waals surface area contributed by atoms with Gasteiger partial charge < -0.3 is 25.6 Å². The Balaban J connectivity index is 1.89. The Morgan fingerprint density at radius 2 is 1.39 bits per heavy atom. The highest BCUT2D eigenvalue weighted by Crippen LogP contribution is 2.48. The van der Waals surface area contributed by atoms with Gasteiger partial charge in [-0.3, -0.25) is 27.8 Å². The average Bonchev–Trinajstić information content (AvgIpc) is 3.45. The zero-order chi connectivity index (χ0) is 51.8. The molecular weight excluding hydrogens is 1040 g/mol. The van der Waals surface area contributed by atoms with Gasteiger partial charge in [0.1, 0.15) is 6.61 Å². The van der Waals surface area contributed by atoms with E-state index in [9.17, 15) is 61.5 Å². The average molecular weight is 1110 g/mol. The Hall–Kier alpha value is -3.98. The van der Waals surface area contributed by atoms with E-state index in [2.05, 4.69) is 31.9 Å². The van der Waals surface area contributed by atoms with Crippen LogP contribution in [0.5, 0.6) is 0 Å². The van der Waals surface area contributed by atoms with Crippen molar-refractivity contribution in [3.8, 4) is 0 Å². The SMILES string of the molecule is CC(/C=C/C=C(/C=C/C=C1N(CCS(=O)(=O)O)c2ccc(S(=O)(=O)O)cc2C1(C)C)CCCOCC(=O)NCCCCCCNC(=O)CBr)C(C)(C)c1cc(S(=O)(=O)O)ccc1NCCS(=O)(=O)O. The summed E-state index contributed by atoms with van der Waals surface area (Å²) < 4.78 is 139. The summed E-state index contributed by atoms with van der Waals surface area (Å²) in [6.45, 7) is 9.98. The number of carbonyl (C=O) groups excluding carboxylic acids is 2. The van der Waals surface area contributed by atoms with Crippen molar-refractivity contribution in [3.05, 3.63) is 95.3 Å². The minimum Gasteiger partial charge on any atom is -0.384 e. The van der Waals surface area contributed by atoms with E-state index in [1.165, 1.54) is 36.4 Å². The highest BCUT2D eigenvalue weighted by Gasteiger charge is 2.41. The number of unbranched alkanes of at least 4 members (excludes halogenated alkanes) is 3. The van der Waals surface area contributed by atoms with Crippen molar-refractivity contribution in [2.24, 2.45) is 5.92 Å². The van der Waals surface area contributed by atoms with E-state index in [4.69, 9.17) is 4.74 Å². The highest BCUT2D eigenvalue weighted by molar-refractivity contribution is 9.09. The predicted molar refractivity (Wildman–Crippen MR) is 269 cm³/mol. The van der Waals surface area contributed by atoms with Crippen LogP contribution in [0.2, 0.25) is 0 Å². The number of benzene rings is 2. The fourth-order valence-electron chi connectivity index (χ4n) is 7.47. The molecule has 0 bridgehead atoms. The van der Waals surface area contributed by atoms with Gasteiger partial charge >= 0.3 is 0 Å². The summed E-state index contributed by atoms with van der Waals surface area (Å²) in [6, 6.07) is 7.88. The molecular formula is C45H65BrN4O15S4. The van der Waals surface area contributed by atoms with E-state index in [0.29, 0.717) is 54.1 Å². The number of anilines is 2. The third kappa shape index (κ3) is 19.6. The molecule has 24 heteroatoms. The van der Waals surface area contributed by atoms with Crippen LogP contribution in [-0.2, 0) is 65.6 Å². The molecule has 2 aromatic rings. The van der Waals surface area contributed by atoms with Crippen LogP contribution in [0.3, 0.4) is 0 Å². The molecule has 0 saturated carbocycles. The summed E-state index contributed by atoms with van der Waals surface area (Å²) in [5.74, 6) is -1.89. The molecule has 0 aromatic heterocycles. The van der Waals surface area contributed by atoms with Crippen LogP contribution in [0.25, 0.3) is 0 Å². The van der Waals surface area contributed by atoms with Gasteiger partial charge in [-0.25, -0.2) is 0 Å². The third-order valence-corrected chi connectivity index (χ3v) is 15.3. The van der Waals surface area contributed by atoms with Gasteiger partial charge in [-0.2, -0.15) is 33.7 Å². The van der Waals surface area contributed by atoms with E-state index in [1.807, 2.05) is 39.0 Å². The summed E-state index contributed by atoms with van der Waals surface area (Å²) in [5.41, 5.74) is 1.41. The van der Waals surface area contributed by atoms with Gasteiger partial charge in [0, 0.05) is 55.3 Å². The lowest BCUT2D eigenvalue weighted by atomic mass is 9.73. The molecule has 1 heterocycles. The van der Waals surface area contributed by atoms with E-state index in [1.54, 1.807) is 37.0 Å². The second-order valence-corrected chi connectivity index (χ2v) is 24.1. The van der Waals surface area contributed by atoms with E-state index in [-0.39, 0.29) is 59.2 Å². The molecule has 0 aliphatic carbocycles. The number of hydrogen-bond acceptors (Lipinski definition) is 13. The normalized spacial score (nSPS) is 15.8. The first-order valence-electron chi connectivity index (χ1n) is 22.1. The largest absolute Gasteiger partial charge is 0.384 e. The fourth-order valence-corrected chi connectivity index (χ4v) is 9.45. The van der Waals surface area contributed by atoms with Crippen molar-refractivity contribution in [2.45, 2.75) is 93.8 Å². The molecule has 0 fully saturated rings. The molecule has 7 N–H and O–H groups in total. The number of rotatable bonds is 29. The van der Waals surface area contributed by atoms with Crippen LogP contribution in [0, 0.1) is 5.92 Å². The minimum absolute atomic E-state index is 0.0650. The number of ether oxygens (including phenoxy) is 1. The zero-order valence-corrected chi connectivity index (χ0v) is 44.2. The van der Waals surface area contributed by atoms with Gasteiger partial charge in [-0.15, -0.1) is 0 Å². The van der Waals surface area contributed by atoms with E-state index in [0.717, 1.165) is 31.3 Å². The number of alkyl halides is 1. The number of carbonyl (C=O) groups is 2. The van der Waals surface area contributed by atoms with Gasteiger partial charge in [-0.1, -0.05) is 93.8 Å². The lowest BCUT2D eigenvalue weighted by Crippen LogP contribution is -2.30. The molecule has 1 aliphatic heterocycles. The summed E-state index contributed by atoms with van der Waals surface area (Å²) >= 11 is 3.10. The maximum absolute atomic E-state index is 12.4. The van der Waals surface area contributed by atoms with Crippen LogP contribution in [-0.4, -0.2) is 120 Å². The number of hydrogen-bond donors (Lipinski definition) is 7. The van der Waals surface area contributed by atoms with Crippen LogP contribution in [0.1, 0.15) is 84.3 Å². The lowest BCUT2D eigenvalue weighted by molar-refractivity contribution is -0.125. The monoisotopic (exact) mass is 1110 g/mol. The van der Waals surface area contributed by atoms with E-state index < -0.39 is 62.8 Å². The second-order valence-electron chi connectivity index (χ2n) is 17.6. The van der Waals surface area contributed by atoms with Crippen LogP contribution < -0.4 is 20.9 Å². The number of fused-ring (bicyclic) bond motifs is 1. The van der Waals surface area contributed by atoms with Gasteiger partial charge in [-0.05, 0) is 96.2 Å². The van der Waals surface area contributed by atoms with Crippen molar-refractivity contribution in [1.82, 2.24) is 10.6 Å². The van der Waals surface area contributed by atoms with Crippen LogP contribution in [0.4, 0.5) is 11.4 Å². The van der Waals surface area contributed by atoms with Crippen molar-refractivity contribution in [3.63, 3.8) is 0 Å². The van der Waals surface area contributed by atoms with Crippen molar-refractivity contribution < 1.29 is 66.2 Å². The molecule has 1 atom stereocenters. The summed E-state index contributed by atoms with van der Waals surface area (Å²) in [4.78, 5) is 24.7. The van der Waals surface area contributed by atoms with Crippen LogP contribution in [0.15, 0.2) is 93.9 Å². The van der Waals surface area contributed by atoms with E-state index >= 15 is 0 Å². The van der Waals surface area contributed by atoms with Gasteiger partial charge in [0.15, 0.2) is 0 Å². The number of allylic oxidation sites excluding steroid dienone is 8. The molecule has 0 saturated heterocycles. The smallest absolute Gasteiger partial charge is 0.294 e. The highest BCUT2D eigenvalue weighted by atomic mass is 79.9. The summed E-state index contributed by atoms with van der Waals surface area (Å²) in [7, 11) is -17.9. The Bertz CT molecular complexity index is 2700. The van der Waals surface area contributed by atoms with Gasteiger partial charge in [0.2, 0.25) is 11.8 Å². The molecule has 3 rings (SSSR count). The fraction of sp³-hybridized carbons (Fsp3) is 0.511. The number of amides is 2. The van der Waals surface area contributed by atoms with Gasteiger partial charge in [0.05, 0.1) is 26.6 Å². The Morgan fingerprint density at radius 1 is 0.797 bits per heavy atom. The minimum atomic E-state index is -4.61. The molecule has 386 valence electrons. The summed E-state index contributed by atoms with van der Waals surface area (Å²) in [6.07, 6.45) is 15.1. The molecule has 19 nitrogen and oxygen atoms in total. The maximum Gasteiger partial charge on any atom is 0.294 e. The molecule has 69 heavy (non-hydrogen) atoms. The van der Waals surface area contributed by atoms with Gasteiger partial charge in [0.25, 0.3) is 40.5 Å². The lowest BCUT2D eigenvalue weighted by Gasteiger charge is -2.33. The number of nitrogens with one attached hydrogen (secondary N) is 3. The topological polar surface area (TPSA) is 300 Å². The first-order chi connectivity index (χ1) is 32.0. The maximum atomic E-state index is 12.4. The molecule has 2 amide bonds. The second kappa shape index (κ2) is 25.9. The Kier molecular flexibility index (Phi) is 22.3. The standard InChI is InChI=1S/C45H65BrN4O15S4/c1-33(44(2,3)37-29-35(68(59,60)61)18-20-39(37)47-24-27-66(53,54)55)13-10-14-34(16-12-26-65-32-43(52)49-23-9-7-6-8-22-48-42(51)31-46)15-11-17-41-45(4,5)38-30-36(69(62,63)64)19-21-40(38)50(41)25-28-67(56,57)58/h10-11,13-15,17-21,29-30,33,47H,6-9,12,16,22-28,31-32H2,1-5H3,(H,48,51)(H,49,52)(H,53,54,55)(H,56,57,58)(H,59,60,61)(H,62,63,64)/b13-10+,15-11+,34-14-,41-17?. The summed E-state index contributed by atoms with van der Waals surface area (Å²) in [5, 5.41) is 8.83. The first-order valence-corrected chi connectivity index (χ1v) is 29.3. The van der Waals surface area contributed by atoms with Crippen LogP contribution >= 0.6 is 15.9 Å². The van der Waals surface area contributed by atoms with Crippen molar-refractivity contribution in [1.29, 1.82) is 0 Å². The number of nitrogens with zero attached hydrogens (tertiary/aromatic N) is 1. The molecule has 0 radical (unpaired) electrons. The van der Waals surface area contributed by atoms with Crippen molar-refractivity contribution >= 4 is 79.6 Å². The third-order valence-electron chi connectivity index (χ3n) is 11.7. The first kappa shape index (κ1) is 59.3. The molecule has 2 aromatic carbocycles. The molecule has 1 unspecified atom stereocenters. The number of halogens is 1.